The molecular formula is C26H17F3N4O4. The summed E-state index contributed by atoms with van der Waals surface area (Å²) in [7, 11) is 0. The average molecular weight is 506 g/mol. The highest BCUT2D eigenvalue weighted by Crippen LogP contribution is 2.30. The second kappa shape index (κ2) is 8.94. The lowest BCUT2D eigenvalue weighted by atomic mass is 10.1. The summed E-state index contributed by atoms with van der Waals surface area (Å²) in [5.41, 5.74) is -2.33. The van der Waals surface area contributed by atoms with Crippen molar-refractivity contribution >= 4 is 33.8 Å². The highest BCUT2D eigenvalue weighted by Gasteiger charge is 2.34. The number of nitrogens with zero attached hydrogens (tertiary/aromatic N) is 2. The number of carbonyl (C=O) groups excluding carboxylic acids is 1. The standard InChI is InChI=1S/C26H17F3N4O4/c27-26(28,29)20-9-8-17-22(34)18(13-31-24(35)15-7-6-14-10-11-30-19(14)12-15)21(25(36)37)33(23(17)32-20)16-4-2-1-3-5-16/h1-12,30H,13H2,(H,31,35)(H,36,37). The van der Waals surface area contributed by atoms with Gasteiger partial charge < -0.3 is 15.4 Å². The van der Waals surface area contributed by atoms with Crippen molar-refractivity contribution in [3.05, 3.63) is 106 Å². The predicted octanol–water partition coefficient (Wildman–Crippen LogP) is 4.51. The van der Waals surface area contributed by atoms with Gasteiger partial charge in [-0.2, -0.15) is 13.2 Å². The van der Waals surface area contributed by atoms with Crippen LogP contribution in [0.15, 0.2) is 77.7 Å². The van der Waals surface area contributed by atoms with Crippen molar-refractivity contribution in [1.82, 2.24) is 19.9 Å². The van der Waals surface area contributed by atoms with E-state index in [4.69, 9.17) is 0 Å². The molecule has 5 aromatic rings. The molecule has 0 radical (unpaired) electrons. The number of benzene rings is 2. The van der Waals surface area contributed by atoms with Crippen LogP contribution >= 0.6 is 0 Å². The van der Waals surface area contributed by atoms with E-state index in [0.29, 0.717) is 11.6 Å². The Morgan fingerprint density at radius 1 is 1.03 bits per heavy atom. The second-order valence-corrected chi connectivity index (χ2v) is 8.16. The summed E-state index contributed by atoms with van der Waals surface area (Å²) in [6.45, 7) is -0.480. The number of H-pyrrole nitrogens is 1. The molecule has 5 rings (SSSR count). The van der Waals surface area contributed by atoms with Crippen LogP contribution < -0.4 is 10.7 Å². The Bertz CT molecular complexity index is 1740. The van der Waals surface area contributed by atoms with E-state index >= 15 is 0 Å². The maximum Gasteiger partial charge on any atom is 0.433 e. The van der Waals surface area contributed by atoms with Gasteiger partial charge in [-0.3, -0.25) is 14.2 Å². The van der Waals surface area contributed by atoms with Crippen molar-refractivity contribution in [3.8, 4) is 5.69 Å². The lowest BCUT2D eigenvalue weighted by Gasteiger charge is -2.19. The summed E-state index contributed by atoms with van der Waals surface area (Å²) in [5.74, 6) is -2.14. The highest BCUT2D eigenvalue weighted by atomic mass is 19.4. The van der Waals surface area contributed by atoms with Crippen LogP contribution in [0.5, 0.6) is 0 Å². The Morgan fingerprint density at radius 3 is 2.49 bits per heavy atom. The van der Waals surface area contributed by atoms with E-state index in [1.165, 1.54) is 12.1 Å². The summed E-state index contributed by atoms with van der Waals surface area (Å²) in [6, 6.07) is 16.1. The first-order valence-corrected chi connectivity index (χ1v) is 10.9. The molecule has 0 saturated carbocycles. The van der Waals surface area contributed by atoms with Crippen molar-refractivity contribution < 1.29 is 27.9 Å². The molecule has 0 fully saturated rings. The fourth-order valence-electron chi connectivity index (χ4n) is 4.14. The van der Waals surface area contributed by atoms with E-state index < -0.39 is 47.1 Å². The summed E-state index contributed by atoms with van der Waals surface area (Å²) < 4.78 is 41.2. The van der Waals surface area contributed by atoms with Crippen LogP contribution in [0, 0.1) is 0 Å². The summed E-state index contributed by atoms with van der Waals surface area (Å²) in [4.78, 5) is 45.2. The van der Waals surface area contributed by atoms with Crippen LogP contribution in [0.2, 0.25) is 0 Å². The number of carboxylic acid groups (broad SMARTS) is 1. The minimum Gasteiger partial charge on any atom is -0.477 e. The first kappa shape index (κ1) is 23.8. The zero-order valence-corrected chi connectivity index (χ0v) is 18.8. The van der Waals surface area contributed by atoms with Crippen LogP contribution in [-0.2, 0) is 12.7 Å². The molecular weight excluding hydrogens is 489 g/mol. The molecule has 0 aliphatic rings. The number of alkyl halides is 3. The predicted molar refractivity (Wildman–Crippen MR) is 129 cm³/mol. The molecule has 8 nitrogen and oxygen atoms in total. The van der Waals surface area contributed by atoms with Crippen molar-refractivity contribution in [3.63, 3.8) is 0 Å². The number of hydrogen-bond donors (Lipinski definition) is 3. The molecule has 1 amide bonds. The zero-order chi connectivity index (χ0) is 26.3. The van der Waals surface area contributed by atoms with E-state index in [-0.39, 0.29) is 22.2 Å². The minimum absolute atomic E-state index is 0.182. The van der Waals surface area contributed by atoms with Crippen molar-refractivity contribution in [2.24, 2.45) is 0 Å². The third-order valence-corrected chi connectivity index (χ3v) is 5.87. The third kappa shape index (κ3) is 4.31. The van der Waals surface area contributed by atoms with Gasteiger partial charge in [0.1, 0.15) is 17.0 Å². The molecule has 0 bridgehead atoms. The first-order chi connectivity index (χ1) is 17.6. The second-order valence-electron chi connectivity index (χ2n) is 8.16. The molecule has 0 unspecified atom stereocenters. The molecule has 186 valence electrons. The van der Waals surface area contributed by atoms with Gasteiger partial charge in [-0.05, 0) is 47.9 Å². The molecule has 3 aromatic heterocycles. The normalized spacial score (nSPS) is 11.6. The lowest BCUT2D eigenvalue weighted by molar-refractivity contribution is -0.141. The van der Waals surface area contributed by atoms with Crippen molar-refractivity contribution in [2.45, 2.75) is 12.7 Å². The number of rotatable bonds is 5. The lowest BCUT2D eigenvalue weighted by Crippen LogP contribution is -2.31. The number of aromatic carboxylic acids is 1. The van der Waals surface area contributed by atoms with E-state index in [0.717, 1.165) is 16.0 Å². The van der Waals surface area contributed by atoms with Crippen LogP contribution in [0.25, 0.3) is 27.6 Å². The summed E-state index contributed by atoms with van der Waals surface area (Å²) >= 11 is 0. The SMILES string of the molecule is O=C(NCc1c(C(=O)O)n(-c2ccccc2)c2nc(C(F)(F)F)ccc2c1=O)c1ccc2cc[nH]c2c1. The molecule has 37 heavy (non-hydrogen) atoms. The molecule has 11 heteroatoms. The largest absolute Gasteiger partial charge is 0.477 e. The quantitative estimate of drug-likeness (QED) is 0.324. The Kier molecular flexibility index (Phi) is 5.75. The summed E-state index contributed by atoms with van der Waals surface area (Å²) in [6.07, 6.45) is -3.10. The Hall–Kier alpha value is -4.93. The molecule has 3 N–H and O–H groups in total. The number of aromatic nitrogens is 3. The fourth-order valence-corrected chi connectivity index (χ4v) is 4.14. The molecule has 0 spiro atoms. The molecule has 2 aromatic carbocycles. The Balaban J connectivity index is 1.67. The van der Waals surface area contributed by atoms with Crippen LogP contribution in [0.1, 0.15) is 32.1 Å². The van der Waals surface area contributed by atoms with Gasteiger partial charge in [0.25, 0.3) is 5.91 Å². The fraction of sp³-hybridized carbons (Fsp3) is 0.0769. The van der Waals surface area contributed by atoms with Gasteiger partial charge in [0.05, 0.1) is 10.9 Å². The van der Waals surface area contributed by atoms with Crippen LogP contribution in [-0.4, -0.2) is 31.5 Å². The van der Waals surface area contributed by atoms with Crippen LogP contribution in [0.4, 0.5) is 13.2 Å². The van der Waals surface area contributed by atoms with Gasteiger partial charge in [-0.15, -0.1) is 0 Å². The maximum atomic E-state index is 13.4. The average Bonchev–Trinajstić information content (AvgIpc) is 3.35. The van der Waals surface area contributed by atoms with Gasteiger partial charge >= 0.3 is 12.1 Å². The van der Waals surface area contributed by atoms with Gasteiger partial charge in [0.2, 0.25) is 0 Å². The van der Waals surface area contributed by atoms with Gasteiger partial charge in [0.15, 0.2) is 5.43 Å². The van der Waals surface area contributed by atoms with E-state index in [1.54, 1.807) is 42.6 Å². The number of halogens is 3. The number of pyridine rings is 2. The summed E-state index contributed by atoms with van der Waals surface area (Å²) in [5, 5.41) is 13.3. The smallest absolute Gasteiger partial charge is 0.433 e. The Labute approximate surface area is 206 Å². The minimum atomic E-state index is -4.82. The number of carboxylic acids is 1. The van der Waals surface area contributed by atoms with Gasteiger partial charge in [0, 0.05) is 29.5 Å². The topological polar surface area (TPSA) is 117 Å². The van der Waals surface area contributed by atoms with Crippen LogP contribution in [0.3, 0.4) is 0 Å². The van der Waals surface area contributed by atoms with Gasteiger partial charge in [-0.1, -0.05) is 24.3 Å². The Morgan fingerprint density at radius 2 is 1.78 bits per heavy atom. The van der Waals surface area contributed by atoms with Crippen molar-refractivity contribution in [2.75, 3.05) is 0 Å². The number of hydrogen-bond acceptors (Lipinski definition) is 4. The number of fused-ring (bicyclic) bond motifs is 2. The van der Waals surface area contributed by atoms with E-state index in [1.807, 2.05) is 6.07 Å². The number of aromatic amines is 1. The number of para-hydroxylation sites is 1. The number of carbonyl (C=O) groups is 2. The molecule has 0 aliphatic carbocycles. The molecule has 0 aliphatic heterocycles. The highest BCUT2D eigenvalue weighted by molar-refractivity contribution is 5.98. The number of amides is 1. The van der Waals surface area contributed by atoms with E-state index in [9.17, 15) is 32.7 Å². The van der Waals surface area contributed by atoms with Gasteiger partial charge in [-0.25, -0.2) is 9.78 Å². The van der Waals surface area contributed by atoms with E-state index in [2.05, 4.69) is 15.3 Å². The molecule has 0 atom stereocenters. The number of nitrogens with one attached hydrogen (secondary N) is 2. The zero-order valence-electron chi connectivity index (χ0n) is 18.8. The monoisotopic (exact) mass is 506 g/mol. The third-order valence-electron chi connectivity index (χ3n) is 5.87. The maximum absolute atomic E-state index is 13.4. The first-order valence-electron chi connectivity index (χ1n) is 10.9. The van der Waals surface area contributed by atoms with Crippen molar-refractivity contribution in [1.29, 1.82) is 0 Å². The molecule has 3 heterocycles. The molecule has 0 saturated heterocycles.